The second kappa shape index (κ2) is 10.4. The Balaban J connectivity index is 1.83. The van der Waals surface area contributed by atoms with Crippen molar-refractivity contribution < 1.29 is 54.7 Å². The number of aliphatic hydroxyl groups excluding tert-OH is 6. The molecule has 0 spiro atoms. The van der Waals surface area contributed by atoms with Crippen molar-refractivity contribution >= 4 is 0 Å². The van der Waals surface area contributed by atoms with Gasteiger partial charge < -0.3 is 54.7 Å². The van der Waals surface area contributed by atoms with Crippen LogP contribution in [0, 0.1) is 11.3 Å². The minimum absolute atomic E-state index is 0.0299. The van der Waals surface area contributed by atoms with Gasteiger partial charge in [-0.1, -0.05) is 12.1 Å². The molecule has 0 radical (unpaired) electrons. The Morgan fingerprint density at radius 2 is 1.59 bits per heavy atom. The van der Waals surface area contributed by atoms with E-state index >= 15 is 0 Å². The minimum Gasteiger partial charge on any atom is -0.508 e. The summed E-state index contributed by atoms with van der Waals surface area (Å²) < 4.78 is 22.1. The molecule has 2 saturated heterocycles. The van der Waals surface area contributed by atoms with Crippen molar-refractivity contribution in [3.05, 3.63) is 29.8 Å². The maximum Gasteiger partial charge on any atom is 0.189 e. The fourth-order valence-corrected chi connectivity index (χ4v) is 3.56. The molecule has 1 aromatic rings. The van der Waals surface area contributed by atoms with Gasteiger partial charge in [-0.25, -0.2) is 0 Å². The second-order valence-electron chi connectivity index (χ2n) is 7.73. The Kier molecular flexibility index (Phi) is 8.01. The highest BCUT2D eigenvalue weighted by Gasteiger charge is 2.50. The van der Waals surface area contributed by atoms with Crippen LogP contribution in [0.4, 0.5) is 0 Å². The van der Waals surface area contributed by atoms with Gasteiger partial charge in [0.25, 0.3) is 0 Å². The highest BCUT2D eigenvalue weighted by atomic mass is 16.8. The maximum atomic E-state index is 10.6. The van der Waals surface area contributed by atoms with Crippen LogP contribution in [0.3, 0.4) is 0 Å². The number of phenols is 1. The Morgan fingerprint density at radius 1 is 0.938 bits per heavy atom. The van der Waals surface area contributed by atoms with Gasteiger partial charge in [-0.2, -0.15) is 5.26 Å². The van der Waals surface area contributed by atoms with Gasteiger partial charge in [0.1, 0.15) is 48.5 Å². The normalized spacial score (nSPS) is 41.1. The molecule has 2 fully saturated rings. The predicted octanol–water partition coefficient (Wildman–Crippen LogP) is -2.37. The summed E-state index contributed by atoms with van der Waals surface area (Å²) in [5, 5.41) is 79.4. The average Bonchev–Trinajstić information content (AvgIpc) is 2.79. The molecule has 2 aliphatic rings. The van der Waals surface area contributed by atoms with E-state index < -0.39 is 74.1 Å². The van der Waals surface area contributed by atoms with Gasteiger partial charge in [0, 0.05) is 0 Å². The van der Waals surface area contributed by atoms with Crippen LogP contribution in [0.5, 0.6) is 5.75 Å². The van der Waals surface area contributed by atoms with Crippen molar-refractivity contribution in [1.82, 2.24) is 0 Å². The summed E-state index contributed by atoms with van der Waals surface area (Å²) in [5.41, 5.74) is 0.343. The van der Waals surface area contributed by atoms with E-state index in [1.165, 1.54) is 31.2 Å². The molecule has 32 heavy (non-hydrogen) atoms. The highest BCUT2D eigenvalue weighted by Crippen LogP contribution is 2.32. The predicted molar refractivity (Wildman–Crippen MR) is 103 cm³/mol. The molecule has 2 aliphatic heterocycles. The van der Waals surface area contributed by atoms with E-state index in [-0.39, 0.29) is 5.75 Å². The summed E-state index contributed by atoms with van der Waals surface area (Å²) in [6.45, 7) is 0.761. The van der Waals surface area contributed by atoms with Crippen LogP contribution in [0.25, 0.3) is 0 Å². The third-order valence-corrected chi connectivity index (χ3v) is 5.51. The van der Waals surface area contributed by atoms with E-state index in [9.17, 15) is 41.0 Å². The molecule has 0 bridgehead atoms. The first-order valence-electron chi connectivity index (χ1n) is 9.99. The van der Waals surface area contributed by atoms with Crippen molar-refractivity contribution in [3.63, 3.8) is 0 Å². The molecule has 0 unspecified atom stereocenters. The standard InChI is InChI=1S/C20H27NO11/c1-8-13(24)15(26)17(28)19(29-8)32-18-16(27)14(25)12(7-22)31-20(18)30-11(6-21)9-2-4-10(23)5-3-9/h2-5,8,11-20,22-28H,7H2,1H3/t8-,11-,12+,13-,14+,15+,16-,17+,18+,19-,20+/m0/s1. The first kappa shape index (κ1) is 24.7. The fraction of sp³-hybridized carbons (Fsp3) is 0.650. The number of nitriles is 1. The van der Waals surface area contributed by atoms with Gasteiger partial charge >= 0.3 is 0 Å². The number of nitrogens with zero attached hydrogens (tertiary/aromatic N) is 1. The van der Waals surface area contributed by atoms with Crippen LogP contribution in [0.2, 0.25) is 0 Å². The third kappa shape index (κ3) is 5.03. The van der Waals surface area contributed by atoms with Crippen molar-refractivity contribution in [2.75, 3.05) is 6.61 Å². The number of benzene rings is 1. The van der Waals surface area contributed by atoms with Crippen LogP contribution < -0.4 is 0 Å². The zero-order chi connectivity index (χ0) is 23.6. The number of aromatic hydroxyl groups is 1. The number of ether oxygens (including phenoxy) is 4. The van der Waals surface area contributed by atoms with Gasteiger partial charge in [-0.15, -0.1) is 0 Å². The number of hydrogen-bond donors (Lipinski definition) is 7. The first-order chi connectivity index (χ1) is 15.2. The summed E-state index contributed by atoms with van der Waals surface area (Å²) >= 11 is 0. The lowest BCUT2D eigenvalue weighted by atomic mass is 9.97. The van der Waals surface area contributed by atoms with Crippen molar-refractivity contribution in [2.45, 2.75) is 74.4 Å². The molecule has 12 nitrogen and oxygen atoms in total. The van der Waals surface area contributed by atoms with Gasteiger partial charge in [-0.05, 0) is 24.6 Å². The molecular formula is C20H27NO11. The molecule has 3 rings (SSSR count). The van der Waals surface area contributed by atoms with Crippen molar-refractivity contribution in [3.8, 4) is 11.8 Å². The number of rotatable bonds is 6. The topological polar surface area (TPSA) is 202 Å². The zero-order valence-electron chi connectivity index (χ0n) is 17.1. The SMILES string of the molecule is C[C@@H]1O[C@@H](O[C@H]2[C@H](O[C@@H](C#N)c3ccc(O)cc3)O[C@H](CO)[C@@H](O)[C@@H]2O)[C@H](O)[C@H](O)[C@H]1O. The Hall–Kier alpha value is -1.89. The van der Waals surface area contributed by atoms with Crippen LogP contribution in [-0.2, 0) is 18.9 Å². The van der Waals surface area contributed by atoms with E-state index in [1.54, 1.807) is 0 Å². The van der Waals surface area contributed by atoms with E-state index in [4.69, 9.17) is 18.9 Å². The lowest BCUT2D eigenvalue weighted by Gasteiger charge is -2.46. The minimum atomic E-state index is -1.70. The molecule has 0 aliphatic carbocycles. The molecule has 0 aromatic heterocycles. The Morgan fingerprint density at radius 3 is 2.19 bits per heavy atom. The van der Waals surface area contributed by atoms with E-state index in [1.807, 2.05) is 6.07 Å². The molecule has 0 saturated carbocycles. The first-order valence-corrected chi connectivity index (χ1v) is 9.99. The molecule has 11 atom stereocenters. The molecule has 0 amide bonds. The maximum absolute atomic E-state index is 10.6. The van der Waals surface area contributed by atoms with Crippen LogP contribution in [-0.4, -0.2) is 104 Å². The van der Waals surface area contributed by atoms with Crippen molar-refractivity contribution in [1.29, 1.82) is 5.26 Å². The molecule has 12 heteroatoms. The zero-order valence-corrected chi connectivity index (χ0v) is 17.1. The molecule has 1 aromatic carbocycles. The van der Waals surface area contributed by atoms with Gasteiger partial charge in [-0.3, -0.25) is 0 Å². The van der Waals surface area contributed by atoms with Gasteiger partial charge in [0.2, 0.25) is 0 Å². The molecular weight excluding hydrogens is 430 g/mol. The molecule has 2 heterocycles. The van der Waals surface area contributed by atoms with Gasteiger partial charge in [0.15, 0.2) is 18.7 Å². The summed E-state index contributed by atoms with van der Waals surface area (Å²) in [5.74, 6) is -0.0299. The number of phenolic OH excluding ortho intramolecular Hbond substituents is 1. The van der Waals surface area contributed by atoms with Crippen LogP contribution >= 0.6 is 0 Å². The number of hydrogen-bond acceptors (Lipinski definition) is 12. The lowest BCUT2D eigenvalue weighted by molar-refractivity contribution is -0.367. The summed E-state index contributed by atoms with van der Waals surface area (Å²) in [7, 11) is 0. The van der Waals surface area contributed by atoms with E-state index in [2.05, 4.69) is 0 Å². The van der Waals surface area contributed by atoms with E-state index in [0.29, 0.717) is 5.56 Å². The summed E-state index contributed by atoms with van der Waals surface area (Å²) in [6, 6.07) is 7.45. The van der Waals surface area contributed by atoms with E-state index in [0.717, 1.165) is 0 Å². The molecule has 7 N–H and O–H groups in total. The van der Waals surface area contributed by atoms with Crippen molar-refractivity contribution in [2.24, 2.45) is 0 Å². The Bertz CT molecular complexity index is 787. The smallest absolute Gasteiger partial charge is 0.189 e. The lowest BCUT2D eigenvalue weighted by Crippen LogP contribution is -2.64. The average molecular weight is 457 g/mol. The Labute approximate surface area is 183 Å². The second-order valence-corrected chi connectivity index (χ2v) is 7.73. The van der Waals surface area contributed by atoms with Crippen LogP contribution in [0.15, 0.2) is 24.3 Å². The fourth-order valence-electron chi connectivity index (χ4n) is 3.56. The highest BCUT2D eigenvalue weighted by molar-refractivity contribution is 5.29. The third-order valence-electron chi connectivity index (χ3n) is 5.51. The quantitative estimate of drug-likeness (QED) is 0.239. The number of aliphatic hydroxyl groups is 6. The largest absolute Gasteiger partial charge is 0.508 e. The summed E-state index contributed by atoms with van der Waals surface area (Å²) in [6.07, 6.45) is -16.0. The monoisotopic (exact) mass is 457 g/mol. The van der Waals surface area contributed by atoms with Gasteiger partial charge in [0.05, 0.1) is 18.8 Å². The molecule has 178 valence electrons. The summed E-state index contributed by atoms with van der Waals surface area (Å²) in [4.78, 5) is 0. The van der Waals surface area contributed by atoms with Crippen LogP contribution in [0.1, 0.15) is 18.6 Å².